The van der Waals surface area contributed by atoms with E-state index in [-0.39, 0.29) is 5.91 Å². The van der Waals surface area contributed by atoms with Crippen LogP contribution in [0.5, 0.6) is 17.2 Å². The van der Waals surface area contributed by atoms with Crippen molar-refractivity contribution in [3.05, 3.63) is 58.6 Å². The van der Waals surface area contributed by atoms with E-state index in [1.165, 1.54) is 21.3 Å². The number of aryl methyl sites for hydroxylation is 1. The minimum absolute atomic E-state index is 0.228. The zero-order valence-corrected chi connectivity index (χ0v) is 17.1. The second-order valence-electron chi connectivity index (χ2n) is 5.99. The van der Waals surface area contributed by atoms with E-state index < -0.39 is 0 Å². The molecule has 0 aliphatic carbocycles. The molecule has 0 spiro atoms. The van der Waals surface area contributed by atoms with E-state index in [1.54, 1.807) is 23.5 Å². The van der Waals surface area contributed by atoms with E-state index in [0.717, 1.165) is 21.1 Å². The summed E-state index contributed by atoms with van der Waals surface area (Å²) in [7, 11) is 4.56. The molecule has 3 rings (SSSR count). The Kier molecular flexibility index (Phi) is 6.16. The van der Waals surface area contributed by atoms with Gasteiger partial charge >= 0.3 is 0 Å². The second kappa shape index (κ2) is 8.75. The third-order valence-electron chi connectivity index (χ3n) is 4.25. The average Bonchev–Trinajstić information content (AvgIpc) is 3.11. The molecule has 0 atom stereocenters. The number of nitrogens with one attached hydrogen (secondary N) is 1. The first-order valence-corrected chi connectivity index (χ1v) is 9.49. The van der Waals surface area contributed by atoms with E-state index in [1.807, 2.05) is 37.3 Å². The quantitative estimate of drug-likeness (QED) is 0.650. The third kappa shape index (κ3) is 4.09. The highest BCUT2D eigenvalue weighted by Crippen LogP contribution is 2.38. The van der Waals surface area contributed by atoms with Gasteiger partial charge in [0, 0.05) is 16.0 Å². The zero-order chi connectivity index (χ0) is 20.1. The maximum absolute atomic E-state index is 12.7. The van der Waals surface area contributed by atoms with Gasteiger partial charge in [-0.2, -0.15) is 0 Å². The molecule has 0 saturated carbocycles. The molecule has 1 heterocycles. The SMILES string of the molecule is COc1cc(C(=O)NCc2sc(-c3ccccc3)nc2C)cc(OC)c1OC. The van der Waals surface area contributed by atoms with E-state index >= 15 is 0 Å². The minimum atomic E-state index is -0.228. The fourth-order valence-corrected chi connectivity index (χ4v) is 3.78. The van der Waals surface area contributed by atoms with Gasteiger partial charge in [-0.15, -0.1) is 11.3 Å². The molecule has 0 bridgehead atoms. The van der Waals surface area contributed by atoms with Crippen molar-refractivity contribution in [1.29, 1.82) is 0 Å². The number of aromatic nitrogens is 1. The zero-order valence-electron chi connectivity index (χ0n) is 16.2. The first-order valence-electron chi connectivity index (χ1n) is 8.67. The van der Waals surface area contributed by atoms with Crippen LogP contribution in [0.15, 0.2) is 42.5 Å². The number of hydrogen-bond donors (Lipinski definition) is 1. The predicted octanol–water partition coefficient (Wildman–Crippen LogP) is 4.07. The molecule has 0 unspecified atom stereocenters. The topological polar surface area (TPSA) is 69.7 Å². The molecule has 28 heavy (non-hydrogen) atoms. The van der Waals surface area contributed by atoms with E-state index in [0.29, 0.717) is 29.4 Å². The Bertz CT molecular complexity index is 945. The van der Waals surface area contributed by atoms with E-state index in [4.69, 9.17) is 14.2 Å². The number of carbonyl (C=O) groups is 1. The largest absolute Gasteiger partial charge is 0.493 e. The summed E-state index contributed by atoms with van der Waals surface area (Å²) in [5.74, 6) is 1.10. The predicted molar refractivity (Wildman–Crippen MR) is 110 cm³/mol. The summed E-state index contributed by atoms with van der Waals surface area (Å²) in [6.45, 7) is 2.34. The van der Waals surface area contributed by atoms with Crippen LogP contribution in [0.4, 0.5) is 0 Å². The first-order chi connectivity index (χ1) is 13.6. The summed E-state index contributed by atoms with van der Waals surface area (Å²) < 4.78 is 15.9. The summed E-state index contributed by atoms with van der Waals surface area (Å²) in [5, 5.41) is 3.88. The van der Waals surface area contributed by atoms with Crippen LogP contribution in [0.25, 0.3) is 10.6 Å². The highest BCUT2D eigenvalue weighted by atomic mass is 32.1. The molecule has 0 fully saturated rings. The molecule has 0 aliphatic heterocycles. The molecular formula is C21H22N2O4S. The van der Waals surface area contributed by atoms with Crippen molar-refractivity contribution in [3.8, 4) is 27.8 Å². The molecule has 1 aromatic heterocycles. The van der Waals surface area contributed by atoms with Gasteiger partial charge in [0.25, 0.3) is 5.91 Å². The van der Waals surface area contributed by atoms with Gasteiger partial charge in [-0.05, 0) is 19.1 Å². The molecule has 0 saturated heterocycles. The number of benzene rings is 2. The molecule has 1 N–H and O–H groups in total. The molecule has 7 heteroatoms. The smallest absolute Gasteiger partial charge is 0.251 e. The minimum Gasteiger partial charge on any atom is -0.493 e. The third-order valence-corrected chi connectivity index (χ3v) is 5.46. The van der Waals surface area contributed by atoms with Gasteiger partial charge < -0.3 is 19.5 Å². The number of ether oxygens (including phenoxy) is 3. The van der Waals surface area contributed by atoms with Crippen LogP contribution in [0.1, 0.15) is 20.9 Å². The molecule has 1 amide bonds. The molecule has 0 aliphatic rings. The Labute approximate surface area is 168 Å². The van der Waals surface area contributed by atoms with Crippen molar-refractivity contribution in [1.82, 2.24) is 10.3 Å². The Balaban J connectivity index is 1.77. The van der Waals surface area contributed by atoms with Crippen molar-refractivity contribution < 1.29 is 19.0 Å². The lowest BCUT2D eigenvalue weighted by molar-refractivity contribution is 0.0950. The number of rotatable bonds is 7. The highest BCUT2D eigenvalue weighted by molar-refractivity contribution is 7.15. The van der Waals surface area contributed by atoms with Gasteiger partial charge in [-0.25, -0.2) is 4.98 Å². The summed E-state index contributed by atoms with van der Waals surface area (Å²) in [5.41, 5.74) is 2.41. The Hall–Kier alpha value is -3.06. The second-order valence-corrected chi connectivity index (χ2v) is 7.07. The molecule has 2 aromatic carbocycles. The number of nitrogens with zero attached hydrogens (tertiary/aromatic N) is 1. The standard InChI is InChI=1S/C21H22N2O4S/c1-13-18(28-21(23-13)14-8-6-5-7-9-14)12-22-20(24)15-10-16(25-2)19(27-4)17(11-15)26-3/h5-11H,12H2,1-4H3,(H,22,24). The van der Waals surface area contributed by atoms with Crippen molar-refractivity contribution in [3.63, 3.8) is 0 Å². The number of carbonyl (C=O) groups excluding carboxylic acids is 1. The van der Waals surface area contributed by atoms with E-state index in [2.05, 4.69) is 10.3 Å². The van der Waals surface area contributed by atoms with Gasteiger partial charge in [0.05, 0.1) is 33.6 Å². The normalized spacial score (nSPS) is 10.4. The van der Waals surface area contributed by atoms with Gasteiger partial charge in [-0.1, -0.05) is 30.3 Å². The molecule has 0 radical (unpaired) electrons. The van der Waals surface area contributed by atoms with Crippen LogP contribution >= 0.6 is 11.3 Å². The Morgan fingerprint density at radius 2 is 1.68 bits per heavy atom. The maximum atomic E-state index is 12.7. The molecule has 6 nitrogen and oxygen atoms in total. The van der Waals surface area contributed by atoms with Crippen molar-refractivity contribution in [2.24, 2.45) is 0 Å². The molecule has 146 valence electrons. The van der Waals surface area contributed by atoms with Gasteiger partial charge in [0.15, 0.2) is 11.5 Å². The lowest BCUT2D eigenvalue weighted by atomic mass is 10.1. The Morgan fingerprint density at radius 1 is 1.04 bits per heavy atom. The number of hydrogen-bond acceptors (Lipinski definition) is 6. The highest BCUT2D eigenvalue weighted by Gasteiger charge is 2.17. The summed E-state index contributed by atoms with van der Waals surface area (Å²) in [6.07, 6.45) is 0. The number of thiazole rings is 1. The van der Waals surface area contributed by atoms with Crippen molar-refractivity contribution in [2.75, 3.05) is 21.3 Å². The molecular weight excluding hydrogens is 376 g/mol. The summed E-state index contributed by atoms with van der Waals surface area (Å²) in [4.78, 5) is 18.3. The fourth-order valence-electron chi connectivity index (χ4n) is 2.77. The monoisotopic (exact) mass is 398 g/mol. The van der Waals surface area contributed by atoms with Crippen LogP contribution in [-0.2, 0) is 6.54 Å². The van der Waals surface area contributed by atoms with Crippen molar-refractivity contribution in [2.45, 2.75) is 13.5 Å². The van der Waals surface area contributed by atoms with Crippen LogP contribution < -0.4 is 19.5 Å². The lowest BCUT2D eigenvalue weighted by Crippen LogP contribution is -2.22. The summed E-state index contributed by atoms with van der Waals surface area (Å²) >= 11 is 1.58. The summed E-state index contributed by atoms with van der Waals surface area (Å²) in [6, 6.07) is 13.3. The first kappa shape index (κ1) is 19.7. The van der Waals surface area contributed by atoms with Gasteiger partial charge in [0.2, 0.25) is 5.75 Å². The Morgan fingerprint density at radius 3 is 2.25 bits per heavy atom. The van der Waals surface area contributed by atoms with Crippen molar-refractivity contribution >= 4 is 17.2 Å². The van der Waals surface area contributed by atoms with Crippen LogP contribution in [0, 0.1) is 6.92 Å². The van der Waals surface area contributed by atoms with E-state index in [9.17, 15) is 4.79 Å². The fraction of sp³-hybridized carbons (Fsp3) is 0.238. The maximum Gasteiger partial charge on any atom is 0.251 e. The van der Waals surface area contributed by atoms with Gasteiger partial charge in [-0.3, -0.25) is 4.79 Å². The molecule has 3 aromatic rings. The van der Waals surface area contributed by atoms with Crippen LogP contribution in [-0.4, -0.2) is 32.2 Å². The van der Waals surface area contributed by atoms with Gasteiger partial charge in [0.1, 0.15) is 5.01 Å². The number of amides is 1. The average molecular weight is 398 g/mol. The lowest BCUT2D eigenvalue weighted by Gasteiger charge is -2.14. The van der Waals surface area contributed by atoms with Crippen LogP contribution in [0.3, 0.4) is 0 Å². The van der Waals surface area contributed by atoms with Crippen LogP contribution in [0.2, 0.25) is 0 Å². The number of methoxy groups -OCH3 is 3.